The predicted octanol–water partition coefficient (Wildman–Crippen LogP) is 3.39. The van der Waals surface area contributed by atoms with Crippen LogP contribution in [-0.4, -0.2) is 22.1 Å². The lowest BCUT2D eigenvalue weighted by atomic mass is 10.2. The fourth-order valence-corrected chi connectivity index (χ4v) is 1.74. The number of halogens is 1. The summed E-state index contributed by atoms with van der Waals surface area (Å²) in [5.41, 5.74) is 1.76. The number of benzene rings is 1. The monoisotopic (exact) mass is 305 g/mol. The average Bonchev–Trinajstić information content (AvgIpc) is 2.43. The molecule has 1 aromatic carbocycles. The van der Waals surface area contributed by atoms with Gasteiger partial charge in [-0.1, -0.05) is 17.7 Å². The highest BCUT2D eigenvalue weighted by molar-refractivity contribution is 6.31. The number of nitrogens with one attached hydrogen (secondary N) is 2. The Bertz CT molecular complexity index is 686. The number of hydrogen-bond acceptors (Lipinski definition) is 3. The molecule has 6 nitrogen and oxygen atoms in total. The largest absolute Gasteiger partial charge is 0.477 e. The molecule has 108 valence electrons. The molecule has 1 heterocycles. The fourth-order valence-electron chi connectivity index (χ4n) is 1.56. The lowest BCUT2D eigenvalue weighted by molar-refractivity contribution is 0.0690. The second kappa shape index (κ2) is 6.23. The third-order valence-corrected chi connectivity index (χ3v) is 3.08. The van der Waals surface area contributed by atoms with Crippen LogP contribution in [0.2, 0.25) is 5.02 Å². The molecule has 0 radical (unpaired) electrons. The summed E-state index contributed by atoms with van der Waals surface area (Å²) in [5.74, 6) is -1.12. The molecule has 0 fully saturated rings. The highest BCUT2D eigenvalue weighted by atomic mass is 35.5. The number of carbonyl (C=O) groups excluding carboxylic acids is 1. The van der Waals surface area contributed by atoms with Crippen LogP contribution in [0.5, 0.6) is 0 Å². The number of pyridine rings is 1. The average molecular weight is 306 g/mol. The first-order chi connectivity index (χ1) is 9.95. The van der Waals surface area contributed by atoms with Crippen LogP contribution in [0.3, 0.4) is 0 Å². The molecule has 7 heteroatoms. The van der Waals surface area contributed by atoms with Crippen molar-refractivity contribution in [1.82, 2.24) is 4.98 Å². The van der Waals surface area contributed by atoms with Crippen molar-refractivity contribution in [2.24, 2.45) is 0 Å². The summed E-state index contributed by atoms with van der Waals surface area (Å²) in [6.45, 7) is 1.86. The van der Waals surface area contributed by atoms with Crippen molar-refractivity contribution in [3.63, 3.8) is 0 Å². The summed E-state index contributed by atoms with van der Waals surface area (Å²) in [4.78, 5) is 26.1. The van der Waals surface area contributed by atoms with Crippen molar-refractivity contribution in [3.05, 3.63) is 52.8 Å². The van der Waals surface area contributed by atoms with Crippen molar-refractivity contribution < 1.29 is 14.7 Å². The Morgan fingerprint density at radius 1 is 1.14 bits per heavy atom. The number of urea groups is 1. The summed E-state index contributed by atoms with van der Waals surface area (Å²) < 4.78 is 0. The van der Waals surface area contributed by atoms with Gasteiger partial charge in [-0.25, -0.2) is 14.6 Å². The summed E-state index contributed by atoms with van der Waals surface area (Å²) in [7, 11) is 0. The Morgan fingerprint density at radius 2 is 1.81 bits per heavy atom. The number of nitrogens with zero attached hydrogens (tertiary/aromatic N) is 1. The van der Waals surface area contributed by atoms with E-state index in [1.807, 2.05) is 6.92 Å². The number of carboxylic acids is 1. The standard InChI is InChI=1S/C14H12ClN3O3/c1-8-2-3-9(6-11(8)15)17-14(21)18-10-4-5-12(13(19)20)16-7-10/h2-7H,1H3,(H,19,20)(H2,17,18,21). The second-order valence-electron chi connectivity index (χ2n) is 4.28. The molecule has 2 aromatic rings. The van der Waals surface area contributed by atoms with Gasteiger partial charge in [0.1, 0.15) is 5.69 Å². The summed E-state index contributed by atoms with van der Waals surface area (Å²) in [5, 5.41) is 14.4. The maximum absolute atomic E-state index is 11.8. The highest BCUT2D eigenvalue weighted by Gasteiger charge is 2.07. The van der Waals surface area contributed by atoms with Gasteiger partial charge in [0.25, 0.3) is 0 Å². The molecule has 0 unspecified atom stereocenters. The molecule has 0 aliphatic rings. The molecule has 21 heavy (non-hydrogen) atoms. The molecule has 2 amide bonds. The number of hydrogen-bond donors (Lipinski definition) is 3. The topological polar surface area (TPSA) is 91.3 Å². The molecule has 0 saturated carbocycles. The van der Waals surface area contributed by atoms with E-state index in [0.717, 1.165) is 5.56 Å². The van der Waals surface area contributed by atoms with E-state index >= 15 is 0 Å². The molecule has 0 aliphatic carbocycles. The molecule has 2 rings (SSSR count). The summed E-state index contributed by atoms with van der Waals surface area (Å²) in [6.07, 6.45) is 1.27. The third-order valence-electron chi connectivity index (χ3n) is 2.67. The molecule has 3 N–H and O–H groups in total. The molecule has 0 bridgehead atoms. The Kier molecular flexibility index (Phi) is 4.39. The van der Waals surface area contributed by atoms with Gasteiger partial charge in [0.2, 0.25) is 0 Å². The zero-order valence-corrected chi connectivity index (χ0v) is 11.8. The minimum atomic E-state index is -1.12. The van der Waals surface area contributed by atoms with E-state index in [1.165, 1.54) is 18.3 Å². The smallest absolute Gasteiger partial charge is 0.354 e. The molecule has 0 aliphatic heterocycles. The van der Waals surface area contributed by atoms with Crippen molar-refractivity contribution in [3.8, 4) is 0 Å². The molecular weight excluding hydrogens is 294 g/mol. The minimum Gasteiger partial charge on any atom is -0.477 e. The van der Waals surface area contributed by atoms with Crippen LogP contribution in [0, 0.1) is 6.92 Å². The number of aromatic carboxylic acids is 1. The van der Waals surface area contributed by atoms with Crippen LogP contribution in [0.15, 0.2) is 36.5 Å². The summed E-state index contributed by atoms with van der Waals surface area (Å²) >= 11 is 5.97. The van der Waals surface area contributed by atoms with Crippen LogP contribution in [-0.2, 0) is 0 Å². The third kappa shape index (κ3) is 3.93. The van der Waals surface area contributed by atoms with E-state index in [-0.39, 0.29) is 5.69 Å². The van der Waals surface area contributed by atoms with Gasteiger partial charge in [-0.3, -0.25) is 0 Å². The summed E-state index contributed by atoms with van der Waals surface area (Å²) in [6, 6.07) is 7.45. The van der Waals surface area contributed by atoms with E-state index in [2.05, 4.69) is 15.6 Å². The van der Waals surface area contributed by atoms with E-state index < -0.39 is 12.0 Å². The van der Waals surface area contributed by atoms with E-state index in [9.17, 15) is 9.59 Å². The van der Waals surface area contributed by atoms with Gasteiger partial charge in [-0.2, -0.15) is 0 Å². The van der Waals surface area contributed by atoms with Crippen molar-refractivity contribution >= 4 is 35.0 Å². The molecule has 1 aromatic heterocycles. The van der Waals surface area contributed by atoms with Gasteiger partial charge in [-0.05, 0) is 36.8 Å². The van der Waals surface area contributed by atoms with E-state index in [1.54, 1.807) is 18.2 Å². The molecule has 0 spiro atoms. The maximum atomic E-state index is 11.8. The van der Waals surface area contributed by atoms with Crippen LogP contribution in [0.4, 0.5) is 16.2 Å². The van der Waals surface area contributed by atoms with E-state index in [0.29, 0.717) is 16.4 Å². The van der Waals surface area contributed by atoms with Crippen LogP contribution in [0.25, 0.3) is 0 Å². The maximum Gasteiger partial charge on any atom is 0.354 e. The number of carboxylic acid groups (broad SMARTS) is 1. The van der Waals surface area contributed by atoms with Crippen molar-refractivity contribution in [2.75, 3.05) is 10.6 Å². The predicted molar refractivity (Wildman–Crippen MR) is 80.0 cm³/mol. The van der Waals surface area contributed by atoms with Crippen molar-refractivity contribution in [2.45, 2.75) is 6.92 Å². The van der Waals surface area contributed by atoms with Gasteiger partial charge in [0, 0.05) is 10.7 Å². The lowest BCUT2D eigenvalue weighted by Gasteiger charge is -2.08. The van der Waals surface area contributed by atoms with Gasteiger partial charge in [0.15, 0.2) is 0 Å². The number of aromatic nitrogens is 1. The Morgan fingerprint density at radius 3 is 2.38 bits per heavy atom. The Labute approximate surface area is 125 Å². The Hall–Kier alpha value is -2.60. The Balaban J connectivity index is 2.01. The quantitative estimate of drug-likeness (QED) is 0.810. The van der Waals surface area contributed by atoms with Gasteiger partial charge in [0.05, 0.1) is 11.9 Å². The van der Waals surface area contributed by atoms with Crippen LogP contribution < -0.4 is 10.6 Å². The molecule has 0 saturated heterocycles. The lowest BCUT2D eigenvalue weighted by Crippen LogP contribution is -2.19. The fraction of sp³-hybridized carbons (Fsp3) is 0.0714. The number of amides is 2. The first kappa shape index (κ1) is 14.8. The number of aryl methyl sites for hydroxylation is 1. The van der Waals surface area contributed by atoms with Gasteiger partial charge in [-0.15, -0.1) is 0 Å². The first-order valence-electron chi connectivity index (χ1n) is 5.99. The molecular formula is C14H12ClN3O3. The highest BCUT2D eigenvalue weighted by Crippen LogP contribution is 2.20. The molecule has 0 atom stereocenters. The van der Waals surface area contributed by atoms with Crippen LogP contribution in [0.1, 0.15) is 16.1 Å². The second-order valence-corrected chi connectivity index (χ2v) is 4.69. The zero-order chi connectivity index (χ0) is 15.4. The van der Waals surface area contributed by atoms with Gasteiger partial charge < -0.3 is 15.7 Å². The zero-order valence-electron chi connectivity index (χ0n) is 11.1. The first-order valence-corrected chi connectivity index (χ1v) is 6.37. The number of rotatable bonds is 3. The van der Waals surface area contributed by atoms with Gasteiger partial charge >= 0.3 is 12.0 Å². The van der Waals surface area contributed by atoms with E-state index in [4.69, 9.17) is 16.7 Å². The minimum absolute atomic E-state index is 0.0914. The van der Waals surface area contributed by atoms with Crippen LogP contribution >= 0.6 is 11.6 Å². The number of carbonyl (C=O) groups is 2. The SMILES string of the molecule is Cc1ccc(NC(=O)Nc2ccc(C(=O)O)nc2)cc1Cl. The normalized spacial score (nSPS) is 10.0. The van der Waals surface area contributed by atoms with Crippen molar-refractivity contribution in [1.29, 1.82) is 0 Å². The number of anilines is 2.